The normalized spacial score (nSPS) is 11.1. The van der Waals surface area contributed by atoms with Gasteiger partial charge in [-0.05, 0) is 24.6 Å². The molecule has 0 saturated heterocycles. The minimum Gasteiger partial charge on any atom is -0.345 e. The van der Waals surface area contributed by atoms with Gasteiger partial charge >= 0.3 is 0 Å². The molecule has 17 heavy (non-hydrogen) atoms. The highest BCUT2D eigenvalue weighted by Crippen LogP contribution is 2.20. The summed E-state index contributed by atoms with van der Waals surface area (Å²) in [6, 6.07) is 5.86. The van der Waals surface area contributed by atoms with Gasteiger partial charge in [0, 0.05) is 12.0 Å². The van der Waals surface area contributed by atoms with Gasteiger partial charge in [0.25, 0.3) is 0 Å². The van der Waals surface area contributed by atoms with Crippen molar-refractivity contribution in [2.24, 2.45) is 0 Å². The van der Waals surface area contributed by atoms with Crippen LogP contribution in [-0.4, -0.2) is 20.1 Å². The summed E-state index contributed by atoms with van der Waals surface area (Å²) >= 11 is 0. The van der Waals surface area contributed by atoms with E-state index in [0.717, 1.165) is 29.4 Å². The lowest BCUT2D eigenvalue weighted by atomic mass is 10.2. The van der Waals surface area contributed by atoms with Crippen LogP contribution >= 0.6 is 0 Å². The highest BCUT2D eigenvalue weighted by atomic mass is 16.5. The van der Waals surface area contributed by atoms with Crippen LogP contribution < -0.4 is 0 Å². The summed E-state index contributed by atoms with van der Waals surface area (Å²) in [5.41, 5.74) is 2.85. The minimum atomic E-state index is 0.630. The van der Waals surface area contributed by atoms with Crippen molar-refractivity contribution in [3.05, 3.63) is 30.4 Å². The number of benzene rings is 1. The standard InChI is InChI=1S/C12H12N4O/c1-2-3-11-15-12(16-17-11)8-4-5-9-10(6-8)14-7-13-9/h4-7H,2-3H2,1H3,(H,13,14). The van der Waals surface area contributed by atoms with Crippen molar-refractivity contribution in [2.75, 3.05) is 0 Å². The molecule has 0 aliphatic carbocycles. The summed E-state index contributed by atoms with van der Waals surface area (Å²) in [5.74, 6) is 1.32. The number of imidazole rings is 1. The first-order valence-corrected chi connectivity index (χ1v) is 5.63. The van der Waals surface area contributed by atoms with Gasteiger partial charge < -0.3 is 9.51 Å². The third-order valence-electron chi connectivity index (χ3n) is 2.61. The number of aryl methyl sites for hydroxylation is 1. The van der Waals surface area contributed by atoms with Crippen molar-refractivity contribution in [1.82, 2.24) is 20.1 Å². The molecule has 0 amide bonds. The van der Waals surface area contributed by atoms with E-state index in [9.17, 15) is 0 Å². The van der Waals surface area contributed by atoms with Gasteiger partial charge in [-0.2, -0.15) is 4.98 Å². The molecule has 5 nitrogen and oxygen atoms in total. The van der Waals surface area contributed by atoms with Crippen molar-refractivity contribution in [2.45, 2.75) is 19.8 Å². The number of fused-ring (bicyclic) bond motifs is 1. The number of nitrogens with one attached hydrogen (secondary N) is 1. The van der Waals surface area contributed by atoms with Gasteiger partial charge in [0.1, 0.15) is 0 Å². The van der Waals surface area contributed by atoms with Gasteiger partial charge in [0.15, 0.2) is 0 Å². The molecule has 0 radical (unpaired) electrons. The van der Waals surface area contributed by atoms with E-state index in [0.29, 0.717) is 11.7 Å². The molecule has 0 aliphatic heterocycles. The van der Waals surface area contributed by atoms with Crippen LogP contribution in [0.4, 0.5) is 0 Å². The smallest absolute Gasteiger partial charge is 0.226 e. The second-order valence-corrected chi connectivity index (χ2v) is 3.90. The van der Waals surface area contributed by atoms with Crippen molar-refractivity contribution < 1.29 is 4.52 Å². The molecule has 0 aliphatic rings. The van der Waals surface area contributed by atoms with Gasteiger partial charge in [-0.15, -0.1) is 0 Å². The Balaban J connectivity index is 2.00. The SMILES string of the molecule is CCCc1nc(-c2ccc3nc[nH]c3c2)no1. The predicted molar refractivity (Wildman–Crippen MR) is 63.4 cm³/mol. The minimum absolute atomic E-state index is 0.630. The summed E-state index contributed by atoms with van der Waals surface area (Å²) < 4.78 is 5.17. The fourth-order valence-electron chi connectivity index (χ4n) is 1.76. The molecule has 0 fully saturated rings. The van der Waals surface area contributed by atoms with Crippen LogP contribution in [0, 0.1) is 0 Å². The lowest BCUT2D eigenvalue weighted by molar-refractivity contribution is 0.378. The fourth-order valence-corrected chi connectivity index (χ4v) is 1.76. The first-order chi connectivity index (χ1) is 8.36. The van der Waals surface area contributed by atoms with Crippen molar-refractivity contribution in [1.29, 1.82) is 0 Å². The topological polar surface area (TPSA) is 67.6 Å². The van der Waals surface area contributed by atoms with E-state index in [1.807, 2.05) is 18.2 Å². The number of aromatic nitrogens is 4. The average Bonchev–Trinajstić information content (AvgIpc) is 2.96. The molecule has 0 bridgehead atoms. The maximum absolute atomic E-state index is 5.17. The summed E-state index contributed by atoms with van der Waals surface area (Å²) in [6.07, 6.45) is 3.49. The lowest BCUT2D eigenvalue weighted by Gasteiger charge is -1.93. The molecular weight excluding hydrogens is 216 g/mol. The van der Waals surface area contributed by atoms with Crippen LogP contribution in [0.25, 0.3) is 22.4 Å². The number of H-pyrrole nitrogens is 1. The van der Waals surface area contributed by atoms with E-state index in [2.05, 4.69) is 27.0 Å². The zero-order valence-electron chi connectivity index (χ0n) is 9.47. The monoisotopic (exact) mass is 228 g/mol. The van der Waals surface area contributed by atoms with Crippen molar-refractivity contribution in [3.63, 3.8) is 0 Å². The van der Waals surface area contributed by atoms with Crippen LogP contribution in [0.1, 0.15) is 19.2 Å². The van der Waals surface area contributed by atoms with Crippen molar-refractivity contribution >= 4 is 11.0 Å². The Morgan fingerprint density at radius 3 is 3.18 bits per heavy atom. The van der Waals surface area contributed by atoms with Crippen LogP contribution in [-0.2, 0) is 6.42 Å². The molecule has 1 aromatic carbocycles. The van der Waals surface area contributed by atoms with Gasteiger partial charge in [-0.25, -0.2) is 4.98 Å². The number of aromatic amines is 1. The molecule has 1 N–H and O–H groups in total. The van der Waals surface area contributed by atoms with E-state index >= 15 is 0 Å². The maximum atomic E-state index is 5.17. The molecule has 3 aromatic rings. The molecule has 5 heteroatoms. The van der Waals surface area contributed by atoms with E-state index in [1.54, 1.807) is 6.33 Å². The van der Waals surface area contributed by atoms with E-state index in [4.69, 9.17) is 4.52 Å². The Bertz CT molecular complexity index is 641. The Labute approximate surface area is 97.9 Å². The van der Waals surface area contributed by atoms with Crippen molar-refractivity contribution in [3.8, 4) is 11.4 Å². The van der Waals surface area contributed by atoms with Gasteiger partial charge in [-0.3, -0.25) is 0 Å². The molecule has 3 rings (SSSR count). The van der Waals surface area contributed by atoms with Gasteiger partial charge in [0.2, 0.25) is 11.7 Å². The molecule has 86 valence electrons. The molecule has 2 heterocycles. The van der Waals surface area contributed by atoms with Gasteiger partial charge in [-0.1, -0.05) is 12.1 Å². The third-order valence-corrected chi connectivity index (χ3v) is 2.61. The summed E-state index contributed by atoms with van der Waals surface area (Å²) in [5, 5.41) is 3.98. The molecule has 0 atom stereocenters. The number of rotatable bonds is 3. The zero-order valence-corrected chi connectivity index (χ0v) is 9.47. The third kappa shape index (κ3) is 1.80. The molecule has 0 spiro atoms. The molecular formula is C12H12N4O. The summed E-state index contributed by atoms with van der Waals surface area (Å²) in [6.45, 7) is 2.08. The molecule has 0 saturated carbocycles. The summed E-state index contributed by atoms with van der Waals surface area (Å²) in [7, 11) is 0. The molecule has 0 unspecified atom stereocenters. The molecule has 2 aromatic heterocycles. The fraction of sp³-hybridized carbons (Fsp3) is 0.250. The Hall–Kier alpha value is -2.17. The maximum Gasteiger partial charge on any atom is 0.226 e. The van der Waals surface area contributed by atoms with E-state index < -0.39 is 0 Å². The Morgan fingerprint density at radius 2 is 2.29 bits per heavy atom. The lowest BCUT2D eigenvalue weighted by Crippen LogP contribution is -1.84. The second-order valence-electron chi connectivity index (χ2n) is 3.90. The highest BCUT2D eigenvalue weighted by Gasteiger charge is 2.08. The Morgan fingerprint density at radius 1 is 1.35 bits per heavy atom. The van der Waals surface area contributed by atoms with Crippen LogP contribution in [0.5, 0.6) is 0 Å². The summed E-state index contributed by atoms with van der Waals surface area (Å²) in [4.78, 5) is 11.6. The zero-order chi connectivity index (χ0) is 11.7. The Kier molecular flexibility index (Phi) is 2.36. The first-order valence-electron chi connectivity index (χ1n) is 5.63. The number of hydrogen-bond acceptors (Lipinski definition) is 4. The quantitative estimate of drug-likeness (QED) is 0.748. The van der Waals surface area contributed by atoms with Crippen LogP contribution in [0.2, 0.25) is 0 Å². The van der Waals surface area contributed by atoms with E-state index in [-0.39, 0.29) is 0 Å². The first kappa shape index (κ1) is 10.0. The highest BCUT2D eigenvalue weighted by molar-refractivity contribution is 5.79. The van der Waals surface area contributed by atoms with Gasteiger partial charge in [0.05, 0.1) is 17.4 Å². The van der Waals surface area contributed by atoms with Crippen LogP contribution in [0.15, 0.2) is 29.0 Å². The average molecular weight is 228 g/mol. The number of nitrogens with zero attached hydrogens (tertiary/aromatic N) is 3. The van der Waals surface area contributed by atoms with Crippen LogP contribution in [0.3, 0.4) is 0 Å². The largest absolute Gasteiger partial charge is 0.345 e. The predicted octanol–water partition coefficient (Wildman–Crippen LogP) is 2.57. The number of hydrogen-bond donors (Lipinski definition) is 1. The van der Waals surface area contributed by atoms with E-state index in [1.165, 1.54) is 0 Å². The second kappa shape index (κ2) is 4.01.